The van der Waals surface area contributed by atoms with Gasteiger partial charge in [0, 0.05) is 23.2 Å². The Morgan fingerprint density at radius 2 is 1.49 bits per heavy atom. The fraction of sp³-hybridized carbons (Fsp3) is 0.125. The van der Waals surface area contributed by atoms with Gasteiger partial charge in [-0.2, -0.15) is 26.3 Å². The number of sulfonamides is 1. The smallest absolute Gasteiger partial charge is 0.418 e. The van der Waals surface area contributed by atoms with Crippen LogP contribution in [0.5, 0.6) is 11.5 Å². The zero-order valence-corrected chi connectivity index (χ0v) is 19.4. The molecule has 13 heteroatoms. The van der Waals surface area contributed by atoms with Crippen LogP contribution in [0.25, 0.3) is 10.9 Å². The number of nitrogens with zero attached hydrogens (tertiary/aromatic N) is 1. The van der Waals surface area contributed by atoms with Crippen molar-refractivity contribution in [3.8, 4) is 11.5 Å². The first-order valence-electron chi connectivity index (χ1n) is 10.3. The Balaban J connectivity index is 1.67. The first-order chi connectivity index (χ1) is 17.2. The molecule has 4 rings (SSSR count). The van der Waals surface area contributed by atoms with Crippen LogP contribution in [0.3, 0.4) is 0 Å². The van der Waals surface area contributed by atoms with E-state index in [0.717, 1.165) is 48.5 Å². The number of benzene rings is 3. The van der Waals surface area contributed by atoms with Crippen molar-refractivity contribution < 1.29 is 43.9 Å². The number of nitrogens with one attached hydrogen (secondary N) is 1. The Morgan fingerprint density at radius 3 is 2.14 bits per heavy atom. The number of fused-ring (bicyclic) bond motifs is 1. The van der Waals surface area contributed by atoms with Gasteiger partial charge >= 0.3 is 12.4 Å². The van der Waals surface area contributed by atoms with Crippen molar-refractivity contribution in [2.75, 3.05) is 4.72 Å². The van der Waals surface area contributed by atoms with E-state index < -0.39 is 49.9 Å². The Kier molecular flexibility index (Phi) is 6.52. The highest BCUT2D eigenvalue weighted by atomic mass is 32.2. The molecule has 1 aromatic heterocycles. The van der Waals surface area contributed by atoms with Crippen molar-refractivity contribution >= 4 is 26.6 Å². The summed E-state index contributed by atoms with van der Waals surface area (Å²) < 4.78 is 127. The van der Waals surface area contributed by atoms with E-state index in [1.54, 1.807) is 4.72 Å². The third-order valence-electron chi connectivity index (χ3n) is 5.13. The van der Waals surface area contributed by atoms with Crippen molar-refractivity contribution in [2.45, 2.75) is 24.2 Å². The monoisotopic (exact) mass is 544 g/mol. The summed E-state index contributed by atoms with van der Waals surface area (Å²) in [5.41, 5.74) is -3.28. The summed E-state index contributed by atoms with van der Waals surface area (Å²) in [4.78, 5) is 2.84. The number of halogens is 7. The molecule has 0 fully saturated rings. The van der Waals surface area contributed by atoms with Crippen molar-refractivity contribution in [1.29, 1.82) is 0 Å². The number of ether oxygens (including phenoxy) is 1. The minimum Gasteiger partial charge on any atom is -0.456 e. The number of aromatic nitrogens is 1. The van der Waals surface area contributed by atoms with E-state index in [0.29, 0.717) is 6.07 Å². The number of rotatable bonds is 5. The van der Waals surface area contributed by atoms with Crippen LogP contribution in [0.4, 0.5) is 36.4 Å². The van der Waals surface area contributed by atoms with Crippen molar-refractivity contribution in [1.82, 2.24) is 4.98 Å². The second kappa shape index (κ2) is 9.21. The topological polar surface area (TPSA) is 68.3 Å². The maximum atomic E-state index is 14.8. The second-order valence-electron chi connectivity index (χ2n) is 7.80. The number of anilines is 1. The molecular weight excluding hydrogens is 529 g/mol. The van der Waals surface area contributed by atoms with Gasteiger partial charge in [-0.15, -0.1) is 0 Å². The highest BCUT2D eigenvalue weighted by molar-refractivity contribution is 7.92. The molecule has 0 aliphatic rings. The van der Waals surface area contributed by atoms with Crippen LogP contribution in [0.2, 0.25) is 0 Å². The lowest BCUT2D eigenvalue weighted by Crippen LogP contribution is -2.19. The largest absolute Gasteiger partial charge is 0.456 e. The first kappa shape index (κ1) is 26.2. The number of para-hydroxylation sites is 1. The van der Waals surface area contributed by atoms with Crippen molar-refractivity contribution in [3.05, 3.63) is 89.4 Å². The quantitative estimate of drug-likeness (QED) is 0.268. The molecule has 0 saturated carbocycles. The van der Waals surface area contributed by atoms with E-state index in [9.17, 15) is 39.2 Å². The number of hydrogen-bond acceptors (Lipinski definition) is 4. The predicted molar refractivity (Wildman–Crippen MR) is 120 cm³/mol. The Hall–Kier alpha value is -3.87. The van der Waals surface area contributed by atoms with Crippen LogP contribution in [-0.4, -0.2) is 13.4 Å². The Morgan fingerprint density at radius 1 is 0.838 bits per heavy atom. The van der Waals surface area contributed by atoms with Gasteiger partial charge in [0.15, 0.2) is 5.82 Å². The summed E-state index contributed by atoms with van der Waals surface area (Å²) in [5.74, 6) is -1.47. The fourth-order valence-corrected chi connectivity index (χ4v) is 4.85. The third-order valence-corrected chi connectivity index (χ3v) is 6.55. The maximum Gasteiger partial charge on any atom is 0.418 e. The minimum absolute atomic E-state index is 0.00521. The molecule has 3 aromatic carbocycles. The lowest BCUT2D eigenvalue weighted by molar-refractivity contribution is -0.140. The van der Waals surface area contributed by atoms with Gasteiger partial charge < -0.3 is 4.74 Å². The molecule has 0 radical (unpaired) electrons. The molecule has 0 amide bonds. The molecule has 37 heavy (non-hydrogen) atoms. The summed E-state index contributed by atoms with van der Waals surface area (Å²) in [6.45, 7) is 1.44. The van der Waals surface area contributed by atoms with Crippen LogP contribution >= 0.6 is 0 Å². The molecule has 0 atom stereocenters. The van der Waals surface area contributed by atoms with Crippen LogP contribution in [0, 0.1) is 12.7 Å². The van der Waals surface area contributed by atoms with Crippen LogP contribution in [0.1, 0.15) is 16.8 Å². The minimum atomic E-state index is -4.97. The van der Waals surface area contributed by atoms with E-state index in [1.165, 1.54) is 19.1 Å². The van der Waals surface area contributed by atoms with Crippen molar-refractivity contribution in [3.63, 3.8) is 0 Å². The highest BCUT2D eigenvalue weighted by Crippen LogP contribution is 2.39. The lowest BCUT2D eigenvalue weighted by atomic mass is 10.1. The van der Waals surface area contributed by atoms with Gasteiger partial charge in [0.25, 0.3) is 10.0 Å². The number of aryl methyl sites for hydroxylation is 1. The summed E-state index contributed by atoms with van der Waals surface area (Å²) in [6, 6.07) is 10.8. The third kappa shape index (κ3) is 5.45. The van der Waals surface area contributed by atoms with Gasteiger partial charge in [-0.1, -0.05) is 18.2 Å². The van der Waals surface area contributed by atoms with Gasteiger partial charge in [0.05, 0.1) is 27.2 Å². The van der Waals surface area contributed by atoms with E-state index in [4.69, 9.17) is 4.74 Å². The molecule has 1 N–H and O–H groups in total. The van der Waals surface area contributed by atoms with E-state index in [2.05, 4.69) is 4.98 Å². The Bertz CT molecular complexity index is 1600. The molecule has 0 unspecified atom stereocenters. The molecule has 0 bridgehead atoms. The molecule has 0 aliphatic carbocycles. The highest BCUT2D eigenvalue weighted by Gasteiger charge is 2.37. The fourth-order valence-electron chi connectivity index (χ4n) is 3.56. The van der Waals surface area contributed by atoms with Crippen molar-refractivity contribution in [2.24, 2.45) is 0 Å². The lowest BCUT2D eigenvalue weighted by Gasteiger charge is -2.16. The van der Waals surface area contributed by atoms with Crippen LogP contribution in [-0.2, 0) is 22.4 Å². The van der Waals surface area contributed by atoms with Crippen LogP contribution in [0.15, 0.2) is 71.6 Å². The molecule has 5 nitrogen and oxygen atoms in total. The van der Waals surface area contributed by atoms with Gasteiger partial charge in [-0.25, -0.2) is 12.8 Å². The van der Waals surface area contributed by atoms with Gasteiger partial charge in [-0.3, -0.25) is 9.71 Å². The second-order valence-corrected chi connectivity index (χ2v) is 9.46. The van der Waals surface area contributed by atoms with Gasteiger partial charge in [0.1, 0.15) is 11.5 Å². The Labute approximate surface area is 205 Å². The van der Waals surface area contributed by atoms with E-state index in [1.807, 2.05) is 0 Å². The normalized spacial score (nSPS) is 12.5. The summed E-state index contributed by atoms with van der Waals surface area (Å²) in [6.07, 6.45) is -9.66. The molecule has 4 aromatic rings. The predicted octanol–water partition coefficient (Wildman–Crippen LogP) is 7.31. The standard InChI is InChI=1S/C24H15F7N2O3S/c1-13-11-20(15-5-4-7-17(22(15)32-13)24(29,30)31)36-14-9-10-19(18(25)12-14)33-37(34,35)21-8-3-2-6-16(21)23(26,27)28/h2-12,33H,1H3. The summed E-state index contributed by atoms with van der Waals surface area (Å²) >= 11 is 0. The molecular formula is C24H15F7N2O3S. The average molecular weight is 544 g/mol. The molecule has 0 spiro atoms. The summed E-state index contributed by atoms with van der Waals surface area (Å²) in [7, 11) is -4.84. The molecule has 0 saturated heterocycles. The average Bonchev–Trinajstić information content (AvgIpc) is 2.79. The molecule has 194 valence electrons. The zero-order chi connectivity index (χ0) is 27.2. The molecule has 0 aliphatic heterocycles. The van der Waals surface area contributed by atoms with E-state index in [-0.39, 0.29) is 28.1 Å². The number of pyridine rings is 1. The first-order valence-corrected chi connectivity index (χ1v) is 11.8. The summed E-state index contributed by atoms with van der Waals surface area (Å²) in [5, 5.41) is -0.00521. The molecule has 1 heterocycles. The van der Waals surface area contributed by atoms with Gasteiger partial charge in [0.2, 0.25) is 0 Å². The SMILES string of the molecule is Cc1cc(Oc2ccc(NS(=O)(=O)c3ccccc3C(F)(F)F)c(F)c2)c2cccc(C(F)(F)F)c2n1. The maximum absolute atomic E-state index is 14.8. The zero-order valence-electron chi connectivity index (χ0n) is 18.6. The number of hydrogen-bond donors (Lipinski definition) is 1. The number of alkyl halides is 6. The van der Waals surface area contributed by atoms with Gasteiger partial charge in [-0.05, 0) is 43.3 Å². The van der Waals surface area contributed by atoms with Crippen LogP contribution < -0.4 is 9.46 Å². The van der Waals surface area contributed by atoms with E-state index >= 15 is 0 Å².